The average molecular weight is 1970 g/mol. The van der Waals surface area contributed by atoms with Gasteiger partial charge in [0.15, 0.2) is 0 Å². The number of aliphatic hydroxyl groups excluding tert-OH is 4. The summed E-state index contributed by atoms with van der Waals surface area (Å²) in [4.78, 5) is 77.3. The molecule has 0 aromatic rings. The van der Waals surface area contributed by atoms with E-state index in [0.717, 1.165) is 129 Å². The van der Waals surface area contributed by atoms with Crippen LogP contribution in [0.5, 0.6) is 0 Å². The number of carbonyl (C=O) groups is 3. The summed E-state index contributed by atoms with van der Waals surface area (Å²) in [5, 5.41) is 45.4. The van der Waals surface area contributed by atoms with E-state index in [1.807, 2.05) is 0 Å². The third-order valence-corrected chi connectivity index (χ3v) is 35.6. The van der Waals surface area contributed by atoms with E-state index >= 15 is 0 Å². The highest BCUT2D eigenvalue weighted by Crippen LogP contribution is 2.48. The lowest BCUT2D eigenvalue weighted by Gasteiger charge is -2.58. The van der Waals surface area contributed by atoms with Crippen molar-refractivity contribution in [3.63, 3.8) is 0 Å². The number of aliphatic carboxylic acids is 1. The molecule has 17 rings (SSSR count). The van der Waals surface area contributed by atoms with Gasteiger partial charge in [-0.05, 0) is 389 Å². The molecule has 26 nitrogen and oxygen atoms in total. The molecule has 5 N–H and O–H groups in total. The van der Waals surface area contributed by atoms with Crippen LogP contribution < -0.4 is 0 Å². The van der Waals surface area contributed by atoms with Crippen LogP contribution in [0.2, 0.25) is 0 Å². The summed E-state index contributed by atoms with van der Waals surface area (Å²) >= 11 is 0. The lowest BCUT2D eigenvalue weighted by molar-refractivity contribution is -0.138. The van der Waals surface area contributed by atoms with Crippen LogP contribution in [-0.4, -0.2) is 476 Å². The van der Waals surface area contributed by atoms with Crippen molar-refractivity contribution in [3.05, 3.63) is 49.4 Å². The van der Waals surface area contributed by atoms with Gasteiger partial charge in [0.2, 0.25) is 0 Å². The molecule has 0 amide bonds. The quantitative estimate of drug-likeness (QED) is 0.0761. The van der Waals surface area contributed by atoms with Gasteiger partial charge in [-0.25, -0.2) is 0 Å². The first-order valence-corrected chi connectivity index (χ1v) is 55.8. The number of hydrogen-bond acceptors (Lipinski definition) is 25. The van der Waals surface area contributed by atoms with Gasteiger partial charge < -0.3 is 40.2 Å². The van der Waals surface area contributed by atoms with E-state index in [9.17, 15) is 29.7 Å². The Labute approximate surface area is 856 Å². The van der Waals surface area contributed by atoms with Gasteiger partial charge in [0, 0.05) is 218 Å². The van der Waals surface area contributed by atoms with Crippen LogP contribution in [0.15, 0.2) is 49.4 Å². The lowest BCUT2D eigenvalue weighted by atomic mass is 9.70. The number of Topliss-reactive ketones (excluding diaryl/α,β-unsaturated/α-hetero) is 2. The molecule has 17 fully saturated rings. The standard InChI is InChI=1S/C15H28N2O.3C14H26N2O.C13H24N2O.C12H22N2O.C11H20N2O2.C11H22N2.C10H22N2/c1-13(18)11-16-8-5-15(12-16)6-9-17(10-7-15)14(2,3)4;1-12(17)9-15-10-14(11-15)5-7-16(8-6-14)13(2,3)4;1-12(17)9-15-7-5-14(6-8-15)10-16(11-14)13(2,3)4;1-12(2)16-9-6-14(11-16)4-7-15(8-5-14)10-13(3)17;1-10(16)5-14-6-11-8-15(13(2,3)4)9-12(11)7-14;1-10(2)14-5-4-12(9-14)7-13(8-12)6-11(3)15;1-9(2)13-7-11(8-13)3-4-12(6-11)5-10(14)15;1-5-12-7-10-6-9(12)8-13(10)11(2,3)4;1-5-11-6-8-12(9-7-11)10(2,3)4/h5-12H2,1-4H3;2*17H,1,5-11H2,2-4H3;12H,4-11H2,1-3H3;11-12,16H,1,5-9H2,2-4H3;10,15H,3-9H2,1-2H3;9H,3-8H2,1-2H3,(H,14,15);9-10H,5-8H2,1-4H3;5-9H2,1-4H3. The number of nitrogens with zero attached hydrogens (tertiary/aromatic N) is 18. The molecule has 0 radical (unpaired) electrons. The second-order valence-corrected chi connectivity index (χ2v) is 54.6. The zero-order valence-electron chi connectivity index (χ0n) is 95.5. The molecule has 17 heterocycles. The second-order valence-electron chi connectivity index (χ2n) is 54.6. The maximum Gasteiger partial charge on any atom is 0.317 e. The van der Waals surface area contributed by atoms with Crippen molar-refractivity contribution >= 4 is 17.5 Å². The van der Waals surface area contributed by atoms with E-state index < -0.39 is 5.97 Å². The summed E-state index contributed by atoms with van der Waals surface area (Å²) in [7, 11) is 0. The van der Waals surface area contributed by atoms with Crippen LogP contribution in [0.3, 0.4) is 0 Å². The van der Waals surface area contributed by atoms with E-state index in [1.165, 1.54) is 214 Å². The van der Waals surface area contributed by atoms with Gasteiger partial charge in [-0.1, -0.05) is 40.2 Å². The van der Waals surface area contributed by atoms with E-state index in [-0.39, 0.29) is 6.54 Å². The maximum absolute atomic E-state index is 11.2. The Morgan fingerprint density at radius 1 is 0.279 bits per heavy atom. The Morgan fingerprint density at radius 3 is 0.964 bits per heavy atom. The molecule has 2 bridgehead atoms. The van der Waals surface area contributed by atoms with Crippen LogP contribution in [0, 0.1) is 44.3 Å². The van der Waals surface area contributed by atoms with Gasteiger partial charge in [0.1, 0.15) is 11.6 Å². The molecule has 0 aliphatic carbocycles. The molecule has 17 aliphatic heterocycles. The molecule has 6 spiro atoms. The Kier molecular flexibility index (Phi) is 43.0. The molecule has 17 saturated heterocycles. The smallest absolute Gasteiger partial charge is 0.317 e. The molecule has 4 unspecified atom stereocenters. The predicted molar refractivity (Wildman–Crippen MR) is 583 cm³/mol. The Balaban J connectivity index is 0.000000176. The van der Waals surface area contributed by atoms with E-state index in [0.29, 0.717) is 158 Å². The summed E-state index contributed by atoms with van der Waals surface area (Å²) in [6, 6.07) is 3.68. The van der Waals surface area contributed by atoms with Crippen molar-refractivity contribution in [2.75, 3.05) is 281 Å². The van der Waals surface area contributed by atoms with Crippen molar-refractivity contribution in [1.29, 1.82) is 0 Å². The second kappa shape index (κ2) is 50.2. The molecule has 0 saturated carbocycles. The fraction of sp³-hybridized carbons (Fsp3) is 0.904. The topological polar surface area (TPSA) is 211 Å². The number of carboxylic acid groups (broad SMARTS) is 1. The number of ketones is 2. The fourth-order valence-electron chi connectivity index (χ4n) is 26.5. The molecule has 4 atom stereocenters. The zero-order chi connectivity index (χ0) is 104. The van der Waals surface area contributed by atoms with Gasteiger partial charge in [-0.2, -0.15) is 0 Å². The number of carboxylic acids is 1. The number of likely N-dealkylation sites (N-methyl/N-ethyl adjacent to an activating group) is 2. The van der Waals surface area contributed by atoms with E-state index in [4.69, 9.17) is 10.2 Å². The highest BCUT2D eigenvalue weighted by atomic mass is 16.4. The summed E-state index contributed by atoms with van der Waals surface area (Å²) in [6.45, 7) is 124. The Bertz CT molecular complexity index is 3820. The summed E-state index contributed by atoms with van der Waals surface area (Å²) in [5.41, 5.74) is 5.10. The minimum atomic E-state index is -0.702. The zero-order valence-corrected chi connectivity index (χ0v) is 95.5. The van der Waals surface area contributed by atoms with Crippen molar-refractivity contribution < 1.29 is 39.9 Å². The van der Waals surface area contributed by atoms with Gasteiger partial charge >= 0.3 is 5.97 Å². The van der Waals surface area contributed by atoms with Crippen LogP contribution in [0.4, 0.5) is 0 Å². The summed E-state index contributed by atoms with van der Waals surface area (Å²) < 4.78 is 0. The van der Waals surface area contributed by atoms with Crippen LogP contribution in [0.25, 0.3) is 0 Å². The predicted octanol–water partition coefficient (Wildman–Crippen LogP) is 15.1. The lowest BCUT2D eigenvalue weighted by Crippen LogP contribution is -2.65. The SMILES string of the molecule is C=C(O)CN1CC2(CCN(C(C)(C)C)CC2)C1.C=C(O)CN1CC2(CCN(C(C)C)C2)C1.C=C(O)CN1CC2CN(C(C)(C)C)CC2C1.C=C(O)CN1CCC2(CC1)CN(C(C)(C)C)C2.CC(=O)CN1CCC2(CC1)CCN(C(C)C)C2.CC(=O)CN1CCC2(CCN(C(C)(C)C)CC2)C1.CC(C)N1CC2(CCN(CC(=O)O)C2)C1.CCN1CC2CC1CN2C(C)(C)C.CCN1CCN(C(C)(C)C)CC1. The third-order valence-electron chi connectivity index (χ3n) is 35.6. The van der Waals surface area contributed by atoms with Gasteiger partial charge in [0.05, 0.1) is 68.8 Å². The molecule has 810 valence electrons. The van der Waals surface area contributed by atoms with Gasteiger partial charge in [0.25, 0.3) is 0 Å². The van der Waals surface area contributed by atoms with Crippen LogP contribution in [-0.2, 0) is 14.4 Å². The number of rotatable bonds is 19. The number of piperazine rings is 2. The Morgan fingerprint density at radius 2 is 0.586 bits per heavy atom. The molecule has 140 heavy (non-hydrogen) atoms. The fourth-order valence-corrected chi connectivity index (χ4v) is 26.5. The first kappa shape index (κ1) is 120. The molecule has 26 heteroatoms. The number of hydrogen-bond donors (Lipinski definition) is 5. The number of carbonyl (C=O) groups excluding carboxylic acids is 2. The van der Waals surface area contributed by atoms with Gasteiger partial charge in [-0.15, -0.1) is 0 Å². The van der Waals surface area contributed by atoms with E-state index in [2.05, 4.69) is 295 Å². The van der Waals surface area contributed by atoms with Crippen molar-refractivity contribution in [3.8, 4) is 0 Å². The first-order chi connectivity index (χ1) is 64.9. The van der Waals surface area contributed by atoms with Crippen molar-refractivity contribution in [2.45, 2.75) is 341 Å². The molecule has 0 aromatic carbocycles. The molecule has 17 aliphatic rings. The monoisotopic (exact) mass is 1970 g/mol. The highest BCUT2D eigenvalue weighted by molar-refractivity contribution is 5.78. The molecular formula is C114H216N18O8. The highest BCUT2D eigenvalue weighted by Gasteiger charge is 2.54. The number of fused-ring (bicyclic) bond motifs is 3. The minimum Gasteiger partial charge on any atom is -0.512 e. The number of aliphatic hydroxyl groups is 4. The summed E-state index contributed by atoms with van der Waals surface area (Å²) in [5.74, 6) is 2.67. The average Bonchev–Trinajstić information content (AvgIpc) is 1.35. The van der Waals surface area contributed by atoms with Crippen LogP contribution in [0.1, 0.15) is 277 Å². The Hall–Kier alpha value is -3.75. The summed E-state index contributed by atoms with van der Waals surface area (Å²) in [6.07, 6.45) is 16.9. The molecule has 0 aromatic heterocycles. The van der Waals surface area contributed by atoms with Crippen molar-refractivity contribution in [2.24, 2.45) is 44.3 Å². The number of likely N-dealkylation sites (tertiary alicyclic amines) is 16. The maximum atomic E-state index is 11.2. The normalized spacial score (nSPS) is 27.3. The minimum absolute atomic E-state index is 0.212. The van der Waals surface area contributed by atoms with E-state index in [1.54, 1.807) is 13.8 Å². The first-order valence-electron chi connectivity index (χ1n) is 55.8. The number of piperidine rings is 4. The largest absolute Gasteiger partial charge is 0.512 e. The van der Waals surface area contributed by atoms with Gasteiger partial charge in [-0.3, -0.25) is 87.9 Å². The third kappa shape index (κ3) is 35.7. The van der Waals surface area contributed by atoms with Crippen molar-refractivity contribution in [1.82, 2.24) is 88.2 Å². The van der Waals surface area contributed by atoms with Crippen LogP contribution >= 0.6 is 0 Å². The molecular weight excluding hydrogens is 1750 g/mol.